The summed E-state index contributed by atoms with van der Waals surface area (Å²) in [7, 11) is 0. The Morgan fingerprint density at radius 3 is 2.70 bits per heavy atom. The second-order valence-corrected chi connectivity index (χ2v) is 4.54. The first kappa shape index (κ1) is 13.7. The molecule has 0 spiro atoms. The summed E-state index contributed by atoms with van der Waals surface area (Å²) in [5, 5.41) is 14.8. The van der Waals surface area contributed by atoms with Gasteiger partial charge in [0.1, 0.15) is 0 Å². The number of nitro benzene ring substituents is 1. The highest BCUT2D eigenvalue weighted by molar-refractivity contribution is 5.82. The standard InChI is InChI=1S/C15H15N3O2/c1-11-6-7-13(12(2)8-11)10-16-17-14-4-3-5-15(9-14)18(19)20/h3-10,17H,1-2H3/b16-10+. The molecule has 0 aromatic heterocycles. The molecule has 0 amide bonds. The van der Waals surface area contributed by atoms with Crippen molar-refractivity contribution in [3.8, 4) is 0 Å². The highest BCUT2D eigenvalue weighted by Gasteiger charge is 2.04. The molecule has 0 aliphatic carbocycles. The first-order chi connectivity index (χ1) is 9.56. The average Bonchev–Trinajstić information content (AvgIpc) is 2.41. The maximum absolute atomic E-state index is 10.7. The minimum absolute atomic E-state index is 0.0386. The maximum Gasteiger partial charge on any atom is 0.271 e. The first-order valence-electron chi connectivity index (χ1n) is 6.17. The summed E-state index contributed by atoms with van der Waals surface area (Å²) >= 11 is 0. The monoisotopic (exact) mass is 269 g/mol. The van der Waals surface area contributed by atoms with Gasteiger partial charge in [-0.25, -0.2) is 0 Å². The van der Waals surface area contributed by atoms with Gasteiger partial charge in [0.15, 0.2) is 0 Å². The predicted molar refractivity (Wildman–Crippen MR) is 80.2 cm³/mol. The number of nitrogens with one attached hydrogen (secondary N) is 1. The number of rotatable bonds is 4. The fraction of sp³-hybridized carbons (Fsp3) is 0.133. The Morgan fingerprint density at radius 1 is 1.20 bits per heavy atom. The van der Waals surface area contributed by atoms with E-state index in [1.165, 1.54) is 17.7 Å². The van der Waals surface area contributed by atoms with Gasteiger partial charge >= 0.3 is 0 Å². The molecule has 102 valence electrons. The van der Waals surface area contributed by atoms with E-state index in [4.69, 9.17) is 0 Å². The van der Waals surface area contributed by atoms with Gasteiger partial charge in [0.2, 0.25) is 0 Å². The predicted octanol–water partition coefficient (Wildman–Crippen LogP) is 3.66. The van der Waals surface area contributed by atoms with Gasteiger partial charge in [-0.3, -0.25) is 15.5 Å². The second kappa shape index (κ2) is 5.97. The Balaban J connectivity index is 2.10. The molecule has 1 N–H and O–H groups in total. The van der Waals surface area contributed by atoms with Crippen LogP contribution in [-0.2, 0) is 0 Å². The number of aryl methyl sites for hydroxylation is 2. The zero-order valence-electron chi connectivity index (χ0n) is 11.3. The highest BCUT2D eigenvalue weighted by Crippen LogP contribution is 2.17. The normalized spacial score (nSPS) is 10.7. The largest absolute Gasteiger partial charge is 0.278 e. The van der Waals surface area contributed by atoms with E-state index in [9.17, 15) is 10.1 Å². The summed E-state index contributed by atoms with van der Waals surface area (Å²) in [5.41, 5.74) is 6.76. The van der Waals surface area contributed by atoms with E-state index in [0.29, 0.717) is 5.69 Å². The molecule has 0 saturated heterocycles. The van der Waals surface area contributed by atoms with E-state index in [0.717, 1.165) is 11.1 Å². The van der Waals surface area contributed by atoms with Crippen molar-refractivity contribution in [1.82, 2.24) is 0 Å². The number of hydrogen-bond donors (Lipinski definition) is 1. The Labute approximate surface area is 117 Å². The van der Waals surface area contributed by atoms with E-state index in [1.807, 2.05) is 26.0 Å². The zero-order chi connectivity index (χ0) is 14.5. The fourth-order valence-corrected chi connectivity index (χ4v) is 1.84. The molecule has 0 heterocycles. The van der Waals surface area contributed by atoms with Crippen molar-refractivity contribution in [2.45, 2.75) is 13.8 Å². The van der Waals surface area contributed by atoms with Crippen LogP contribution in [0.3, 0.4) is 0 Å². The number of benzene rings is 2. The fourth-order valence-electron chi connectivity index (χ4n) is 1.84. The van der Waals surface area contributed by atoms with Gasteiger partial charge < -0.3 is 0 Å². The van der Waals surface area contributed by atoms with Crippen LogP contribution < -0.4 is 5.43 Å². The van der Waals surface area contributed by atoms with Gasteiger partial charge in [-0.2, -0.15) is 5.10 Å². The van der Waals surface area contributed by atoms with Crippen molar-refractivity contribution in [3.63, 3.8) is 0 Å². The number of anilines is 1. The van der Waals surface area contributed by atoms with Crippen LogP contribution in [0.15, 0.2) is 47.6 Å². The van der Waals surface area contributed by atoms with Crippen molar-refractivity contribution in [2.75, 3.05) is 5.43 Å². The second-order valence-electron chi connectivity index (χ2n) is 4.54. The summed E-state index contributed by atoms with van der Waals surface area (Å²) < 4.78 is 0. The number of nitro groups is 1. The molecule has 2 rings (SSSR count). The summed E-state index contributed by atoms with van der Waals surface area (Å²) in [6, 6.07) is 12.3. The Hall–Kier alpha value is -2.69. The van der Waals surface area contributed by atoms with Crippen LogP contribution in [0.25, 0.3) is 0 Å². The molecular weight excluding hydrogens is 254 g/mol. The molecule has 0 bridgehead atoms. The van der Waals surface area contributed by atoms with Crippen molar-refractivity contribution < 1.29 is 4.92 Å². The number of hydrazone groups is 1. The lowest BCUT2D eigenvalue weighted by molar-refractivity contribution is -0.384. The molecule has 20 heavy (non-hydrogen) atoms. The molecule has 5 heteroatoms. The van der Waals surface area contributed by atoms with Crippen molar-refractivity contribution >= 4 is 17.6 Å². The van der Waals surface area contributed by atoms with E-state index >= 15 is 0 Å². The molecule has 0 radical (unpaired) electrons. The molecule has 2 aromatic carbocycles. The van der Waals surface area contributed by atoms with Gasteiger partial charge in [0, 0.05) is 12.1 Å². The molecule has 0 atom stereocenters. The van der Waals surface area contributed by atoms with Gasteiger partial charge in [-0.05, 0) is 31.0 Å². The van der Waals surface area contributed by atoms with Crippen LogP contribution in [0.4, 0.5) is 11.4 Å². The van der Waals surface area contributed by atoms with Crippen LogP contribution in [0.1, 0.15) is 16.7 Å². The molecular formula is C15H15N3O2. The smallest absolute Gasteiger partial charge is 0.271 e. The summed E-state index contributed by atoms with van der Waals surface area (Å²) in [5.74, 6) is 0. The molecule has 2 aromatic rings. The lowest BCUT2D eigenvalue weighted by Crippen LogP contribution is -1.94. The van der Waals surface area contributed by atoms with Gasteiger partial charge in [-0.1, -0.05) is 29.8 Å². The van der Waals surface area contributed by atoms with E-state index < -0.39 is 4.92 Å². The third-order valence-electron chi connectivity index (χ3n) is 2.88. The van der Waals surface area contributed by atoms with Crippen LogP contribution in [0, 0.1) is 24.0 Å². The zero-order valence-corrected chi connectivity index (χ0v) is 11.3. The molecule has 0 aliphatic rings. The van der Waals surface area contributed by atoms with Gasteiger partial charge in [-0.15, -0.1) is 0 Å². The molecule has 0 fully saturated rings. The average molecular weight is 269 g/mol. The Kier molecular flexibility index (Phi) is 4.10. The molecule has 0 unspecified atom stereocenters. The van der Waals surface area contributed by atoms with Gasteiger partial charge in [0.25, 0.3) is 5.69 Å². The topological polar surface area (TPSA) is 67.5 Å². The molecule has 5 nitrogen and oxygen atoms in total. The minimum atomic E-state index is -0.432. The summed E-state index contributed by atoms with van der Waals surface area (Å²) in [4.78, 5) is 10.2. The Morgan fingerprint density at radius 2 is 2.00 bits per heavy atom. The van der Waals surface area contributed by atoms with Crippen molar-refractivity contribution in [2.24, 2.45) is 5.10 Å². The third-order valence-corrected chi connectivity index (χ3v) is 2.88. The third kappa shape index (κ3) is 3.41. The van der Waals surface area contributed by atoms with Crippen molar-refractivity contribution in [3.05, 3.63) is 69.3 Å². The summed E-state index contributed by atoms with van der Waals surface area (Å²) in [6.45, 7) is 4.05. The minimum Gasteiger partial charge on any atom is -0.278 e. The summed E-state index contributed by atoms with van der Waals surface area (Å²) in [6.07, 6.45) is 1.70. The van der Waals surface area contributed by atoms with Crippen molar-refractivity contribution in [1.29, 1.82) is 0 Å². The van der Waals surface area contributed by atoms with E-state index in [2.05, 4.69) is 16.6 Å². The van der Waals surface area contributed by atoms with Crippen LogP contribution in [-0.4, -0.2) is 11.1 Å². The molecule has 0 aliphatic heterocycles. The molecule has 0 saturated carbocycles. The quantitative estimate of drug-likeness (QED) is 0.523. The number of non-ortho nitro benzene ring substituents is 1. The van der Waals surface area contributed by atoms with Gasteiger partial charge in [0.05, 0.1) is 16.8 Å². The first-order valence-corrected chi connectivity index (χ1v) is 6.17. The van der Waals surface area contributed by atoms with E-state index in [-0.39, 0.29) is 5.69 Å². The lowest BCUT2D eigenvalue weighted by Gasteiger charge is -2.02. The lowest BCUT2D eigenvalue weighted by atomic mass is 10.1. The van der Waals surface area contributed by atoms with E-state index in [1.54, 1.807) is 18.3 Å². The highest BCUT2D eigenvalue weighted by atomic mass is 16.6. The number of hydrogen-bond acceptors (Lipinski definition) is 4. The number of nitrogens with zero attached hydrogens (tertiary/aromatic N) is 2. The Bertz CT molecular complexity index is 666. The maximum atomic E-state index is 10.7. The van der Waals surface area contributed by atoms with Crippen LogP contribution in [0.5, 0.6) is 0 Å². The SMILES string of the molecule is Cc1ccc(/C=N/Nc2cccc([N+](=O)[O-])c2)c(C)c1. The van der Waals surface area contributed by atoms with Crippen LogP contribution >= 0.6 is 0 Å². The van der Waals surface area contributed by atoms with Crippen LogP contribution in [0.2, 0.25) is 0 Å².